The first-order chi connectivity index (χ1) is 17.6. The minimum atomic E-state index is -4.06. The van der Waals surface area contributed by atoms with E-state index in [4.69, 9.17) is 11.6 Å². The number of nitrogens with zero attached hydrogens (tertiary/aromatic N) is 2. The van der Waals surface area contributed by atoms with Gasteiger partial charge in [0.2, 0.25) is 11.8 Å². The van der Waals surface area contributed by atoms with Crippen LogP contribution in [0.1, 0.15) is 32.8 Å². The molecule has 0 unspecified atom stereocenters. The highest BCUT2D eigenvalue weighted by Crippen LogP contribution is 2.24. The van der Waals surface area contributed by atoms with Crippen LogP contribution >= 0.6 is 11.6 Å². The van der Waals surface area contributed by atoms with E-state index >= 15 is 0 Å². The van der Waals surface area contributed by atoms with E-state index in [2.05, 4.69) is 5.32 Å². The SMILES string of the molecule is CC[C@@H](C)NC(=O)[C@H](C)N(Cc1ccc(Cl)cc1)C(=O)CN(c1ccccc1)S(=O)(=O)c1ccccc1. The quantitative estimate of drug-likeness (QED) is 0.375. The Labute approximate surface area is 224 Å². The van der Waals surface area contributed by atoms with Crippen LogP contribution in [0.5, 0.6) is 0 Å². The largest absolute Gasteiger partial charge is 0.352 e. The van der Waals surface area contributed by atoms with E-state index < -0.39 is 28.5 Å². The summed E-state index contributed by atoms with van der Waals surface area (Å²) in [7, 11) is -4.06. The predicted molar refractivity (Wildman–Crippen MR) is 147 cm³/mol. The topological polar surface area (TPSA) is 86.8 Å². The predicted octanol–water partition coefficient (Wildman–Crippen LogP) is 4.87. The van der Waals surface area contributed by atoms with Gasteiger partial charge in [0.25, 0.3) is 10.0 Å². The van der Waals surface area contributed by atoms with E-state index in [9.17, 15) is 18.0 Å². The van der Waals surface area contributed by atoms with Gasteiger partial charge >= 0.3 is 0 Å². The van der Waals surface area contributed by atoms with Gasteiger partial charge in [-0.15, -0.1) is 0 Å². The second-order valence-electron chi connectivity index (χ2n) is 8.80. The third-order valence-corrected chi connectivity index (χ3v) is 8.13. The van der Waals surface area contributed by atoms with E-state index in [1.165, 1.54) is 17.0 Å². The highest BCUT2D eigenvalue weighted by atomic mass is 35.5. The fourth-order valence-corrected chi connectivity index (χ4v) is 5.24. The lowest BCUT2D eigenvalue weighted by atomic mass is 10.1. The molecule has 196 valence electrons. The van der Waals surface area contributed by atoms with Crippen molar-refractivity contribution in [2.24, 2.45) is 0 Å². The molecule has 0 heterocycles. The van der Waals surface area contributed by atoms with Gasteiger partial charge < -0.3 is 10.2 Å². The maximum absolute atomic E-state index is 13.8. The van der Waals surface area contributed by atoms with Gasteiger partial charge in [0.15, 0.2) is 0 Å². The van der Waals surface area contributed by atoms with Crippen molar-refractivity contribution in [2.75, 3.05) is 10.8 Å². The molecule has 0 aliphatic carbocycles. The zero-order valence-electron chi connectivity index (χ0n) is 21.2. The standard InChI is InChI=1S/C28H32ClN3O4S/c1-4-21(2)30-28(34)22(3)31(19-23-15-17-24(29)18-16-23)27(33)20-32(25-11-7-5-8-12-25)37(35,36)26-13-9-6-10-14-26/h5-18,21-22H,4,19-20H2,1-3H3,(H,30,34)/t21-,22+/m1/s1. The van der Waals surface area contributed by atoms with Crippen LogP contribution < -0.4 is 9.62 Å². The molecular weight excluding hydrogens is 510 g/mol. The average Bonchev–Trinajstić information content (AvgIpc) is 2.91. The summed E-state index contributed by atoms with van der Waals surface area (Å²) in [5, 5.41) is 3.46. The smallest absolute Gasteiger partial charge is 0.264 e. The Balaban J connectivity index is 1.98. The first kappa shape index (κ1) is 28.2. The van der Waals surface area contributed by atoms with Gasteiger partial charge in [-0.2, -0.15) is 0 Å². The third kappa shape index (κ3) is 7.33. The number of hydrogen-bond acceptors (Lipinski definition) is 4. The normalized spacial score (nSPS) is 12.9. The van der Waals surface area contributed by atoms with Crippen LogP contribution in [0.3, 0.4) is 0 Å². The van der Waals surface area contributed by atoms with Crippen molar-refractivity contribution in [1.29, 1.82) is 0 Å². The van der Waals surface area contributed by atoms with Crippen molar-refractivity contribution in [3.05, 3.63) is 95.5 Å². The first-order valence-electron chi connectivity index (χ1n) is 12.1. The molecule has 3 aromatic carbocycles. The molecular formula is C28H32ClN3O4S. The summed E-state index contributed by atoms with van der Waals surface area (Å²) in [5.41, 5.74) is 1.11. The van der Waals surface area contributed by atoms with Crippen molar-refractivity contribution < 1.29 is 18.0 Å². The van der Waals surface area contributed by atoms with Crippen LogP contribution in [0.4, 0.5) is 5.69 Å². The highest BCUT2D eigenvalue weighted by molar-refractivity contribution is 7.92. The minimum Gasteiger partial charge on any atom is -0.352 e. The van der Waals surface area contributed by atoms with E-state index in [1.807, 2.05) is 13.8 Å². The molecule has 0 spiro atoms. The van der Waals surface area contributed by atoms with Crippen LogP contribution in [-0.4, -0.2) is 43.8 Å². The molecule has 3 rings (SSSR count). The van der Waals surface area contributed by atoms with Gasteiger partial charge in [-0.25, -0.2) is 8.42 Å². The van der Waals surface area contributed by atoms with Crippen molar-refractivity contribution in [2.45, 2.75) is 50.7 Å². The number of anilines is 1. The monoisotopic (exact) mass is 541 g/mol. The molecule has 2 amide bonds. The number of nitrogens with one attached hydrogen (secondary N) is 1. The lowest BCUT2D eigenvalue weighted by Crippen LogP contribution is -2.52. The Morgan fingerprint density at radius 2 is 1.46 bits per heavy atom. The third-order valence-electron chi connectivity index (χ3n) is 6.09. The molecule has 0 saturated heterocycles. The summed E-state index contributed by atoms with van der Waals surface area (Å²) in [6.45, 7) is 5.12. The number of sulfonamides is 1. The van der Waals surface area contributed by atoms with Crippen LogP contribution in [0, 0.1) is 0 Å². The molecule has 1 N–H and O–H groups in total. The Hall–Kier alpha value is -3.36. The zero-order chi connectivity index (χ0) is 27.0. The Morgan fingerprint density at radius 3 is 2.03 bits per heavy atom. The number of para-hydroxylation sites is 1. The summed E-state index contributed by atoms with van der Waals surface area (Å²) in [6.07, 6.45) is 0.737. The van der Waals surface area contributed by atoms with Crippen molar-refractivity contribution in [3.8, 4) is 0 Å². The van der Waals surface area contributed by atoms with E-state index in [0.717, 1.165) is 16.3 Å². The van der Waals surface area contributed by atoms with Crippen molar-refractivity contribution in [1.82, 2.24) is 10.2 Å². The Bertz CT molecular complexity index is 1290. The van der Waals surface area contributed by atoms with Crippen LogP contribution in [0.25, 0.3) is 0 Å². The maximum atomic E-state index is 13.8. The first-order valence-corrected chi connectivity index (χ1v) is 13.9. The maximum Gasteiger partial charge on any atom is 0.264 e. The second-order valence-corrected chi connectivity index (χ2v) is 11.1. The number of carbonyl (C=O) groups excluding carboxylic acids is 2. The second kappa shape index (κ2) is 12.7. The Kier molecular flexibility index (Phi) is 9.72. The Morgan fingerprint density at radius 1 is 0.892 bits per heavy atom. The van der Waals surface area contributed by atoms with Gasteiger partial charge in [0.05, 0.1) is 10.6 Å². The number of carbonyl (C=O) groups is 2. The van der Waals surface area contributed by atoms with Crippen LogP contribution in [0.15, 0.2) is 89.8 Å². The van der Waals surface area contributed by atoms with Gasteiger partial charge in [0.1, 0.15) is 12.6 Å². The van der Waals surface area contributed by atoms with Gasteiger partial charge in [-0.05, 0) is 62.2 Å². The summed E-state index contributed by atoms with van der Waals surface area (Å²) in [4.78, 5) is 28.3. The van der Waals surface area contributed by atoms with E-state index in [1.54, 1.807) is 79.7 Å². The molecule has 2 atom stereocenters. The molecule has 0 saturated carbocycles. The molecule has 0 aliphatic heterocycles. The lowest BCUT2D eigenvalue weighted by molar-refractivity contribution is -0.139. The van der Waals surface area contributed by atoms with E-state index in [0.29, 0.717) is 10.7 Å². The molecule has 0 fully saturated rings. The molecule has 0 radical (unpaired) electrons. The van der Waals surface area contributed by atoms with Crippen LogP contribution in [0.2, 0.25) is 5.02 Å². The molecule has 0 aliphatic rings. The highest BCUT2D eigenvalue weighted by Gasteiger charge is 2.32. The number of hydrogen-bond donors (Lipinski definition) is 1. The fraction of sp³-hybridized carbons (Fsp3) is 0.286. The van der Waals surface area contributed by atoms with Gasteiger partial charge in [-0.1, -0.05) is 67.1 Å². The number of rotatable bonds is 11. The number of halogens is 1. The molecule has 0 bridgehead atoms. The van der Waals surface area contributed by atoms with E-state index in [-0.39, 0.29) is 23.4 Å². The van der Waals surface area contributed by atoms with Crippen LogP contribution in [-0.2, 0) is 26.2 Å². The van der Waals surface area contributed by atoms with Gasteiger partial charge in [-0.3, -0.25) is 13.9 Å². The number of benzene rings is 3. The minimum absolute atomic E-state index is 0.0679. The number of amides is 2. The lowest BCUT2D eigenvalue weighted by Gasteiger charge is -2.32. The summed E-state index contributed by atoms with van der Waals surface area (Å²) in [6, 6.07) is 22.5. The summed E-state index contributed by atoms with van der Waals surface area (Å²) >= 11 is 6.02. The molecule has 3 aromatic rings. The molecule has 0 aromatic heterocycles. The molecule has 9 heteroatoms. The zero-order valence-corrected chi connectivity index (χ0v) is 22.7. The fourth-order valence-electron chi connectivity index (χ4n) is 3.68. The molecule has 37 heavy (non-hydrogen) atoms. The van der Waals surface area contributed by atoms with Crippen molar-refractivity contribution in [3.63, 3.8) is 0 Å². The van der Waals surface area contributed by atoms with Gasteiger partial charge in [0, 0.05) is 17.6 Å². The summed E-state index contributed by atoms with van der Waals surface area (Å²) < 4.78 is 28.4. The molecule has 7 nitrogen and oxygen atoms in total. The van der Waals surface area contributed by atoms with Crippen molar-refractivity contribution >= 4 is 39.1 Å². The average molecular weight is 542 g/mol. The summed E-state index contributed by atoms with van der Waals surface area (Å²) in [5.74, 6) is -0.820.